The summed E-state index contributed by atoms with van der Waals surface area (Å²) in [5.74, 6) is 0.332. The number of carbonyl (C=O) groups excluding carboxylic acids is 1. The Labute approximate surface area is 70.1 Å². The van der Waals surface area contributed by atoms with E-state index in [1.54, 1.807) is 11.3 Å². The van der Waals surface area contributed by atoms with Gasteiger partial charge < -0.3 is 0 Å². The Bertz CT molecular complexity index is 270. The van der Waals surface area contributed by atoms with Gasteiger partial charge in [0.25, 0.3) is 0 Å². The molecule has 1 fully saturated rings. The van der Waals surface area contributed by atoms with E-state index in [4.69, 9.17) is 0 Å². The van der Waals surface area contributed by atoms with Crippen LogP contribution in [0.1, 0.15) is 30.1 Å². The number of ketones is 1. The van der Waals surface area contributed by atoms with E-state index in [2.05, 4.69) is 0 Å². The van der Waals surface area contributed by atoms with Gasteiger partial charge in [0, 0.05) is 16.4 Å². The van der Waals surface area contributed by atoms with Crippen LogP contribution in [0, 0.1) is 5.41 Å². The maximum Gasteiger partial charge on any atom is 0.169 e. The first-order valence-electron chi connectivity index (χ1n) is 3.79. The van der Waals surface area contributed by atoms with Crippen LogP contribution < -0.4 is 0 Å². The van der Waals surface area contributed by atoms with Crippen molar-refractivity contribution < 1.29 is 4.79 Å². The predicted molar refractivity (Wildman–Crippen MR) is 46.0 cm³/mol. The lowest BCUT2D eigenvalue weighted by molar-refractivity contribution is 0.0913. The van der Waals surface area contributed by atoms with Gasteiger partial charge in [0.1, 0.15) is 0 Å². The lowest BCUT2D eigenvalue weighted by Gasteiger charge is -2.02. The van der Waals surface area contributed by atoms with Crippen molar-refractivity contribution in [2.24, 2.45) is 5.41 Å². The Balaban J connectivity index is 2.24. The largest absolute Gasteiger partial charge is 0.294 e. The molecule has 1 nitrogen and oxygen atoms in total. The lowest BCUT2D eigenvalue weighted by atomic mass is 9.99. The highest BCUT2D eigenvalue weighted by molar-refractivity contribution is 7.08. The average molecular weight is 166 g/mol. The van der Waals surface area contributed by atoms with Crippen molar-refractivity contribution in [2.75, 3.05) is 0 Å². The summed E-state index contributed by atoms with van der Waals surface area (Å²) in [6.07, 6.45) is 2.14. The van der Waals surface area contributed by atoms with Crippen LogP contribution in [0.3, 0.4) is 0 Å². The molecular formula is C9H10OS. The molecule has 0 unspecified atom stereocenters. The van der Waals surface area contributed by atoms with Crippen molar-refractivity contribution in [2.45, 2.75) is 19.8 Å². The number of hydrogen-bond acceptors (Lipinski definition) is 2. The summed E-state index contributed by atoms with van der Waals surface area (Å²) in [5.41, 5.74) is 0.899. The number of hydrogen-bond donors (Lipinski definition) is 0. The molecule has 58 valence electrons. The minimum absolute atomic E-state index is 0.00106. The molecule has 0 spiro atoms. The Morgan fingerprint density at radius 3 is 2.82 bits per heavy atom. The van der Waals surface area contributed by atoms with Crippen LogP contribution in [0.4, 0.5) is 0 Å². The van der Waals surface area contributed by atoms with Crippen LogP contribution in [0.5, 0.6) is 0 Å². The zero-order chi connectivity index (χ0) is 7.90. The van der Waals surface area contributed by atoms with Crippen LogP contribution >= 0.6 is 11.3 Å². The third-order valence-corrected chi connectivity index (χ3v) is 3.01. The summed E-state index contributed by atoms with van der Waals surface area (Å²) in [4.78, 5) is 11.6. The second kappa shape index (κ2) is 2.18. The fourth-order valence-corrected chi connectivity index (χ4v) is 1.79. The second-order valence-corrected chi connectivity index (χ2v) is 4.18. The van der Waals surface area contributed by atoms with Crippen molar-refractivity contribution in [3.8, 4) is 0 Å². The smallest absolute Gasteiger partial charge is 0.169 e. The van der Waals surface area contributed by atoms with Gasteiger partial charge in [-0.25, -0.2) is 0 Å². The lowest BCUT2D eigenvalue weighted by Crippen LogP contribution is -2.10. The quantitative estimate of drug-likeness (QED) is 0.617. The Morgan fingerprint density at radius 2 is 2.36 bits per heavy atom. The highest BCUT2D eigenvalue weighted by Crippen LogP contribution is 2.47. The molecule has 0 amide bonds. The summed E-state index contributed by atoms with van der Waals surface area (Å²) >= 11 is 1.59. The summed E-state index contributed by atoms with van der Waals surface area (Å²) in [5, 5.41) is 3.89. The molecule has 0 saturated heterocycles. The van der Waals surface area contributed by atoms with Crippen LogP contribution in [-0.4, -0.2) is 5.78 Å². The molecule has 1 aromatic rings. The van der Waals surface area contributed by atoms with Crippen LogP contribution in [0.2, 0.25) is 0 Å². The van der Waals surface area contributed by atoms with Crippen LogP contribution in [0.25, 0.3) is 0 Å². The van der Waals surface area contributed by atoms with Gasteiger partial charge in [-0.2, -0.15) is 11.3 Å². The molecule has 1 saturated carbocycles. The standard InChI is InChI=1S/C9H10OS/c1-9(3-4-9)8(10)7-2-5-11-6-7/h2,5-6H,3-4H2,1H3. The highest BCUT2D eigenvalue weighted by atomic mass is 32.1. The molecule has 11 heavy (non-hydrogen) atoms. The molecule has 2 heteroatoms. The van der Waals surface area contributed by atoms with E-state index >= 15 is 0 Å². The second-order valence-electron chi connectivity index (χ2n) is 3.40. The minimum atomic E-state index is 0.00106. The van der Waals surface area contributed by atoms with E-state index in [1.165, 1.54) is 0 Å². The molecular weight excluding hydrogens is 156 g/mol. The normalized spacial score (nSPS) is 19.7. The summed E-state index contributed by atoms with van der Waals surface area (Å²) in [6.45, 7) is 2.05. The third kappa shape index (κ3) is 1.11. The van der Waals surface area contributed by atoms with Gasteiger partial charge in [-0.05, 0) is 24.3 Å². The molecule has 0 N–H and O–H groups in total. The number of Topliss-reactive ketones (excluding diaryl/α,β-unsaturated/α-hetero) is 1. The van der Waals surface area contributed by atoms with E-state index in [1.807, 2.05) is 23.8 Å². The minimum Gasteiger partial charge on any atom is -0.294 e. The number of rotatable bonds is 2. The molecule has 1 aliphatic carbocycles. The van der Waals surface area contributed by atoms with Gasteiger partial charge in [0.2, 0.25) is 0 Å². The molecule has 1 aliphatic rings. The monoisotopic (exact) mass is 166 g/mol. The first-order chi connectivity index (χ1) is 5.22. The van der Waals surface area contributed by atoms with Crippen molar-refractivity contribution in [1.29, 1.82) is 0 Å². The fraction of sp³-hybridized carbons (Fsp3) is 0.444. The maximum absolute atomic E-state index is 11.6. The van der Waals surface area contributed by atoms with Gasteiger partial charge in [-0.3, -0.25) is 4.79 Å². The van der Waals surface area contributed by atoms with Crippen molar-refractivity contribution in [3.05, 3.63) is 22.4 Å². The average Bonchev–Trinajstić information content (AvgIpc) is 2.54. The predicted octanol–water partition coefficient (Wildman–Crippen LogP) is 2.73. The third-order valence-electron chi connectivity index (χ3n) is 2.33. The fourth-order valence-electron chi connectivity index (χ4n) is 1.16. The molecule has 2 rings (SSSR count). The molecule has 1 heterocycles. The summed E-state index contributed by atoms with van der Waals surface area (Å²) in [6, 6.07) is 1.91. The van der Waals surface area contributed by atoms with E-state index in [0.29, 0.717) is 5.78 Å². The molecule has 0 aliphatic heterocycles. The molecule has 0 atom stereocenters. The van der Waals surface area contributed by atoms with Gasteiger partial charge in [0.15, 0.2) is 5.78 Å². The molecule has 0 aromatic carbocycles. The van der Waals surface area contributed by atoms with Gasteiger partial charge in [0.05, 0.1) is 0 Å². The van der Waals surface area contributed by atoms with E-state index in [9.17, 15) is 4.79 Å². The van der Waals surface area contributed by atoms with Crippen LogP contribution in [0.15, 0.2) is 16.8 Å². The Hall–Kier alpha value is -0.630. The SMILES string of the molecule is CC1(C(=O)c2ccsc2)CC1. The maximum atomic E-state index is 11.6. The van der Waals surface area contributed by atoms with Gasteiger partial charge in [-0.1, -0.05) is 6.92 Å². The first-order valence-corrected chi connectivity index (χ1v) is 4.74. The van der Waals surface area contributed by atoms with Crippen molar-refractivity contribution in [1.82, 2.24) is 0 Å². The zero-order valence-corrected chi connectivity index (χ0v) is 7.28. The van der Waals surface area contributed by atoms with Gasteiger partial charge in [-0.15, -0.1) is 0 Å². The van der Waals surface area contributed by atoms with Crippen LogP contribution in [-0.2, 0) is 0 Å². The number of thiophene rings is 1. The highest BCUT2D eigenvalue weighted by Gasteiger charge is 2.44. The molecule has 0 bridgehead atoms. The zero-order valence-electron chi connectivity index (χ0n) is 6.46. The van der Waals surface area contributed by atoms with Gasteiger partial charge >= 0.3 is 0 Å². The molecule has 0 radical (unpaired) electrons. The molecule has 1 aromatic heterocycles. The topological polar surface area (TPSA) is 17.1 Å². The Morgan fingerprint density at radius 1 is 1.64 bits per heavy atom. The van der Waals surface area contributed by atoms with E-state index in [-0.39, 0.29) is 5.41 Å². The van der Waals surface area contributed by atoms with Crippen molar-refractivity contribution >= 4 is 17.1 Å². The summed E-state index contributed by atoms with van der Waals surface area (Å²) < 4.78 is 0. The first kappa shape index (κ1) is 7.04. The number of carbonyl (C=O) groups is 1. The Kier molecular flexibility index (Phi) is 1.39. The van der Waals surface area contributed by atoms with E-state index in [0.717, 1.165) is 18.4 Å². The van der Waals surface area contributed by atoms with E-state index < -0.39 is 0 Å². The van der Waals surface area contributed by atoms with Crippen molar-refractivity contribution in [3.63, 3.8) is 0 Å². The summed E-state index contributed by atoms with van der Waals surface area (Å²) in [7, 11) is 0.